The van der Waals surface area contributed by atoms with Crippen LogP contribution in [0.4, 0.5) is 4.39 Å². The summed E-state index contributed by atoms with van der Waals surface area (Å²) >= 11 is 0. The molecule has 0 aromatic carbocycles. The van der Waals surface area contributed by atoms with E-state index in [0.717, 1.165) is 45.4 Å². The Hall–Kier alpha value is -0.150. The molecule has 0 radical (unpaired) electrons. The number of hydrogen-bond donors (Lipinski definition) is 1. The number of alkyl halides is 1. The van der Waals surface area contributed by atoms with E-state index < -0.39 is 6.17 Å². The highest BCUT2D eigenvalue weighted by molar-refractivity contribution is 4.94. The van der Waals surface area contributed by atoms with Gasteiger partial charge in [-0.05, 0) is 63.5 Å². The molecule has 2 unspecified atom stereocenters. The summed E-state index contributed by atoms with van der Waals surface area (Å²) in [7, 11) is 0. The van der Waals surface area contributed by atoms with Gasteiger partial charge in [-0.15, -0.1) is 0 Å². The van der Waals surface area contributed by atoms with Crippen LogP contribution < -0.4 is 5.32 Å². The lowest BCUT2D eigenvalue weighted by Gasteiger charge is -2.41. The highest BCUT2D eigenvalue weighted by Crippen LogP contribution is 2.44. The van der Waals surface area contributed by atoms with Crippen molar-refractivity contribution < 1.29 is 9.13 Å². The molecule has 2 atom stereocenters. The lowest BCUT2D eigenvalue weighted by Crippen LogP contribution is -2.43. The molecule has 2 heterocycles. The normalized spacial score (nSPS) is 34.8. The number of rotatable bonds is 2. The third kappa shape index (κ3) is 2.57. The average molecular weight is 255 g/mol. The van der Waals surface area contributed by atoms with Crippen LogP contribution in [0.5, 0.6) is 0 Å². The molecular formula is C15H26FNO. The van der Waals surface area contributed by atoms with Gasteiger partial charge >= 0.3 is 0 Å². The molecule has 0 aromatic heterocycles. The van der Waals surface area contributed by atoms with Crippen LogP contribution >= 0.6 is 0 Å². The van der Waals surface area contributed by atoms with Gasteiger partial charge in [0, 0.05) is 6.61 Å². The maximum Gasteiger partial charge on any atom is 0.106 e. The minimum Gasteiger partial charge on any atom is -0.375 e. The van der Waals surface area contributed by atoms with Gasteiger partial charge in [0.05, 0.1) is 5.60 Å². The molecule has 2 saturated heterocycles. The van der Waals surface area contributed by atoms with Gasteiger partial charge in [-0.25, -0.2) is 4.39 Å². The quantitative estimate of drug-likeness (QED) is 0.819. The predicted octanol–water partition coefficient (Wildman–Crippen LogP) is 3.06. The fourth-order valence-corrected chi connectivity index (χ4v) is 4.25. The Morgan fingerprint density at radius 2 is 1.78 bits per heavy atom. The van der Waals surface area contributed by atoms with Crippen molar-refractivity contribution in [2.45, 2.75) is 63.1 Å². The Morgan fingerprint density at radius 1 is 1.06 bits per heavy atom. The summed E-state index contributed by atoms with van der Waals surface area (Å²) in [6.45, 7) is 2.79. The van der Waals surface area contributed by atoms with E-state index in [2.05, 4.69) is 5.32 Å². The summed E-state index contributed by atoms with van der Waals surface area (Å²) in [5.74, 6) is 0.563. The van der Waals surface area contributed by atoms with Gasteiger partial charge in [-0.3, -0.25) is 0 Å². The Balaban J connectivity index is 1.60. The lowest BCUT2D eigenvalue weighted by molar-refractivity contribution is -0.110. The molecule has 1 N–H and O–H groups in total. The van der Waals surface area contributed by atoms with Crippen molar-refractivity contribution in [1.29, 1.82) is 0 Å². The molecule has 2 aliphatic heterocycles. The fraction of sp³-hybridized carbons (Fsp3) is 1.00. The van der Waals surface area contributed by atoms with Crippen LogP contribution in [0.1, 0.15) is 51.4 Å². The minimum atomic E-state index is -0.589. The summed E-state index contributed by atoms with van der Waals surface area (Å²) in [6.07, 6.45) is 8.26. The van der Waals surface area contributed by atoms with E-state index in [9.17, 15) is 4.39 Å². The molecular weight excluding hydrogens is 229 g/mol. The Kier molecular flexibility index (Phi) is 3.90. The smallest absolute Gasteiger partial charge is 0.106 e. The molecule has 0 bridgehead atoms. The van der Waals surface area contributed by atoms with Crippen molar-refractivity contribution in [3.05, 3.63) is 0 Å². The maximum atomic E-state index is 14.7. The standard InChI is InChI=1S/C15H26FNO/c16-14(12-3-8-17-9-4-12)13-5-10-18-15(11-13)6-1-2-7-15/h12-14,17H,1-11H2. The molecule has 1 aliphatic carbocycles. The molecule has 1 spiro atoms. The first kappa shape index (κ1) is 12.9. The molecule has 18 heavy (non-hydrogen) atoms. The van der Waals surface area contributed by atoms with E-state index >= 15 is 0 Å². The summed E-state index contributed by atoms with van der Waals surface area (Å²) in [4.78, 5) is 0. The van der Waals surface area contributed by atoms with Gasteiger partial charge in [0.25, 0.3) is 0 Å². The predicted molar refractivity (Wildman–Crippen MR) is 70.4 cm³/mol. The molecule has 3 fully saturated rings. The summed E-state index contributed by atoms with van der Waals surface area (Å²) in [6, 6.07) is 0. The second-order valence-corrected chi connectivity index (χ2v) is 6.52. The number of piperidine rings is 1. The lowest BCUT2D eigenvalue weighted by atomic mass is 9.76. The van der Waals surface area contributed by atoms with E-state index in [1.54, 1.807) is 0 Å². The summed E-state index contributed by atoms with van der Waals surface area (Å²) in [5, 5.41) is 3.33. The van der Waals surface area contributed by atoms with Crippen LogP contribution in [-0.4, -0.2) is 31.5 Å². The monoisotopic (exact) mass is 255 g/mol. The fourth-order valence-electron chi connectivity index (χ4n) is 4.25. The van der Waals surface area contributed by atoms with Gasteiger partial charge in [0.2, 0.25) is 0 Å². The van der Waals surface area contributed by atoms with Crippen LogP contribution in [0.3, 0.4) is 0 Å². The van der Waals surface area contributed by atoms with Crippen molar-refractivity contribution in [3.63, 3.8) is 0 Å². The molecule has 3 heteroatoms. The van der Waals surface area contributed by atoms with Crippen molar-refractivity contribution >= 4 is 0 Å². The molecule has 3 rings (SSSR count). The van der Waals surface area contributed by atoms with Crippen molar-refractivity contribution in [3.8, 4) is 0 Å². The Labute approximate surface area is 110 Å². The van der Waals surface area contributed by atoms with E-state index in [4.69, 9.17) is 4.74 Å². The first-order valence-corrected chi connectivity index (χ1v) is 7.78. The van der Waals surface area contributed by atoms with Gasteiger partial charge in [-0.2, -0.15) is 0 Å². The highest BCUT2D eigenvalue weighted by Gasteiger charge is 2.43. The Bertz CT molecular complexity index is 272. The molecule has 0 amide bonds. The molecule has 104 valence electrons. The third-order valence-electron chi connectivity index (χ3n) is 5.33. The minimum absolute atomic E-state index is 0.0696. The average Bonchev–Trinajstić information content (AvgIpc) is 2.87. The SMILES string of the molecule is FC(C1CCNCC1)C1CCOC2(CCCC2)C1. The zero-order chi connectivity index (χ0) is 12.4. The number of halogens is 1. The number of ether oxygens (including phenoxy) is 1. The number of nitrogens with one attached hydrogen (secondary N) is 1. The van der Waals surface area contributed by atoms with Crippen molar-refractivity contribution in [2.75, 3.05) is 19.7 Å². The zero-order valence-electron chi connectivity index (χ0n) is 11.3. The number of hydrogen-bond acceptors (Lipinski definition) is 2. The third-order valence-corrected chi connectivity index (χ3v) is 5.33. The van der Waals surface area contributed by atoms with E-state index in [1.165, 1.54) is 25.7 Å². The summed E-state index contributed by atoms with van der Waals surface area (Å²) in [5.41, 5.74) is 0.0696. The van der Waals surface area contributed by atoms with Crippen LogP contribution in [-0.2, 0) is 4.74 Å². The first-order chi connectivity index (χ1) is 8.79. The topological polar surface area (TPSA) is 21.3 Å². The molecule has 2 nitrogen and oxygen atoms in total. The zero-order valence-corrected chi connectivity index (χ0v) is 11.3. The van der Waals surface area contributed by atoms with Crippen LogP contribution in [0.2, 0.25) is 0 Å². The maximum absolute atomic E-state index is 14.7. The second-order valence-electron chi connectivity index (χ2n) is 6.52. The van der Waals surface area contributed by atoms with E-state index in [-0.39, 0.29) is 11.5 Å². The van der Waals surface area contributed by atoms with Gasteiger partial charge in [-0.1, -0.05) is 12.8 Å². The van der Waals surface area contributed by atoms with Crippen molar-refractivity contribution in [2.24, 2.45) is 11.8 Å². The van der Waals surface area contributed by atoms with E-state index in [1.807, 2.05) is 0 Å². The van der Waals surface area contributed by atoms with Gasteiger partial charge in [0.1, 0.15) is 6.17 Å². The van der Waals surface area contributed by atoms with Crippen LogP contribution in [0.25, 0.3) is 0 Å². The summed E-state index contributed by atoms with van der Waals surface area (Å²) < 4.78 is 20.7. The van der Waals surface area contributed by atoms with Gasteiger partial charge in [0.15, 0.2) is 0 Å². The Morgan fingerprint density at radius 3 is 2.50 bits per heavy atom. The van der Waals surface area contributed by atoms with Crippen LogP contribution in [0.15, 0.2) is 0 Å². The van der Waals surface area contributed by atoms with Gasteiger partial charge < -0.3 is 10.1 Å². The molecule has 1 saturated carbocycles. The van der Waals surface area contributed by atoms with E-state index in [0.29, 0.717) is 5.92 Å². The molecule has 0 aromatic rings. The molecule has 3 aliphatic rings. The van der Waals surface area contributed by atoms with Crippen LogP contribution in [0, 0.1) is 11.8 Å². The largest absolute Gasteiger partial charge is 0.375 e. The van der Waals surface area contributed by atoms with Crippen molar-refractivity contribution in [1.82, 2.24) is 5.32 Å². The first-order valence-electron chi connectivity index (χ1n) is 7.78. The highest BCUT2D eigenvalue weighted by atomic mass is 19.1. The second kappa shape index (κ2) is 5.46.